The van der Waals surface area contributed by atoms with Crippen molar-refractivity contribution < 1.29 is 0 Å². The highest BCUT2D eigenvalue weighted by molar-refractivity contribution is 7.17. The lowest BCUT2D eigenvalue weighted by atomic mass is 10.8. The van der Waals surface area contributed by atoms with Gasteiger partial charge < -0.3 is 4.57 Å². The fraction of sp³-hybridized carbons (Fsp3) is 1.00. The number of hydrogen-bond donors (Lipinski definition) is 0. The van der Waals surface area contributed by atoms with Crippen molar-refractivity contribution in [1.29, 1.82) is 0 Å². The molecule has 8 heavy (non-hydrogen) atoms. The Morgan fingerprint density at radius 2 is 1.88 bits per heavy atom. The van der Waals surface area contributed by atoms with Crippen LogP contribution < -0.4 is 0 Å². The first-order valence-corrected chi connectivity index (χ1v) is 6.84. The second-order valence-electron chi connectivity index (χ2n) is 2.42. The van der Waals surface area contributed by atoms with Gasteiger partial charge in [0.05, 0.1) is 0 Å². The van der Waals surface area contributed by atoms with Crippen molar-refractivity contribution in [1.82, 2.24) is 4.57 Å². The first kappa shape index (κ1) is 8.47. The molecule has 0 atom stereocenters. The van der Waals surface area contributed by atoms with E-state index in [1.165, 1.54) is 0 Å². The van der Waals surface area contributed by atoms with Crippen LogP contribution in [-0.4, -0.2) is 25.7 Å². The van der Waals surface area contributed by atoms with E-state index in [9.17, 15) is 0 Å². The van der Waals surface area contributed by atoms with E-state index < -0.39 is 7.55 Å². The molecule has 0 amide bonds. The summed E-state index contributed by atoms with van der Waals surface area (Å²) in [6.07, 6.45) is 0. The van der Waals surface area contributed by atoms with E-state index >= 15 is 0 Å². The van der Waals surface area contributed by atoms with Gasteiger partial charge in [-0.25, -0.2) is 0 Å². The van der Waals surface area contributed by atoms with E-state index in [1.807, 2.05) is 0 Å². The predicted molar refractivity (Wildman–Crippen MR) is 41.6 cm³/mol. The fourth-order valence-electron chi connectivity index (χ4n) is 0.376. The molecule has 0 N–H and O–H groups in total. The lowest BCUT2D eigenvalue weighted by molar-refractivity contribution is 0.550. The number of halogens is 1. The van der Waals surface area contributed by atoms with Crippen LogP contribution in [0.15, 0.2) is 0 Å². The first-order valence-electron chi connectivity index (χ1n) is 2.88. The maximum Gasteiger partial charge on any atom is 0.222 e. The van der Waals surface area contributed by atoms with Gasteiger partial charge in [0.1, 0.15) is 0 Å². The molecule has 50 valence electrons. The molecule has 0 aromatic rings. The summed E-state index contributed by atoms with van der Waals surface area (Å²) in [6.45, 7) is 7.43. The van der Waals surface area contributed by atoms with Crippen LogP contribution in [0.25, 0.3) is 0 Å². The Balaban J connectivity index is 3.62. The van der Waals surface area contributed by atoms with Crippen LogP contribution >= 0.6 is 11.1 Å². The van der Waals surface area contributed by atoms with E-state index in [1.54, 1.807) is 0 Å². The Morgan fingerprint density at radius 3 is 1.88 bits per heavy atom. The van der Waals surface area contributed by atoms with Gasteiger partial charge in [-0.3, -0.25) is 0 Å². The normalized spacial score (nSPS) is 12.8. The second kappa shape index (κ2) is 2.85. The van der Waals surface area contributed by atoms with Crippen molar-refractivity contribution >= 4 is 18.6 Å². The van der Waals surface area contributed by atoms with Crippen LogP contribution in [-0.2, 0) is 0 Å². The Bertz CT molecular complexity index is 69.3. The summed E-state index contributed by atoms with van der Waals surface area (Å²) in [7, 11) is 0.614. The Morgan fingerprint density at radius 1 is 1.50 bits per heavy atom. The van der Waals surface area contributed by atoms with Crippen LogP contribution in [0.3, 0.4) is 0 Å². The second-order valence-corrected chi connectivity index (χ2v) is 8.78. The quantitative estimate of drug-likeness (QED) is 0.431. The van der Waals surface area contributed by atoms with Gasteiger partial charge in [0.25, 0.3) is 0 Å². The van der Waals surface area contributed by atoms with E-state index in [4.69, 9.17) is 11.1 Å². The number of hydrogen-bond acceptors (Lipinski definition) is 1. The van der Waals surface area contributed by atoms with Crippen molar-refractivity contribution in [2.75, 3.05) is 13.6 Å². The number of nitrogens with zero attached hydrogens (tertiary/aromatic N) is 1. The van der Waals surface area contributed by atoms with Crippen LogP contribution in [0.4, 0.5) is 0 Å². The summed E-state index contributed by atoms with van der Waals surface area (Å²) in [5.41, 5.74) is 0. The van der Waals surface area contributed by atoms with Crippen molar-refractivity contribution in [2.24, 2.45) is 0 Å². The summed E-state index contributed by atoms with van der Waals surface area (Å²) >= 11 is 6.05. The van der Waals surface area contributed by atoms with E-state index in [-0.39, 0.29) is 0 Å². The third-order valence-corrected chi connectivity index (χ3v) is 4.38. The first-order chi connectivity index (χ1) is 3.48. The van der Waals surface area contributed by atoms with Crippen LogP contribution in [0.2, 0.25) is 13.1 Å². The van der Waals surface area contributed by atoms with Crippen molar-refractivity contribution in [3.05, 3.63) is 0 Å². The number of rotatable bonds is 2. The molecular weight excluding hydrogens is 138 g/mol. The SMILES string of the molecule is CCN(C)[Si](C)(C)Cl. The summed E-state index contributed by atoms with van der Waals surface area (Å²) in [4.78, 5) is 0. The smallest absolute Gasteiger partial charge is 0.222 e. The maximum atomic E-state index is 6.05. The molecule has 0 aliphatic rings. The van der Waals surface area contributed by atoms with Gasteiger partial charge in [0, 0.05) is 0 Å². The molecule has 0 bridgehead atoms. The molecule has 3 heteroatoms. The average molecular weight is 152 g/mol. The molecule has 0 radical (unpaired) electrons. The standard InChI is InChI=1S/C5H14ClNSi/c1-5-7(2)8(3,4)6/h5H2,1-4H3. The highest BCUT2D eigenvalue weighted by Crippen LogP contribution is 2.10. The highest BCUT2D eigenvalue weighted by Gasteiger charge is 2.21. The lowest BCUT2D eigenvalue weighted by Gasteiger charge is -2.25. The zero-order valence-electron chi connectivity index (χ0n) is 6.03. The van der Waals surface area contributed by atoms with Crippen LogP contribution in [0, 0.1) is 0 Å². The fourth-order valence-corrected chi connectivity index (χ4v) is 1.49. The van der Waals surface area contributed by atoms with E-state index in [0.717, 1.165) is 6.54 Å². The monoisotopic (exact) mass is 151 g/mol. The third-order valence-electron chi connectivity index (χ3n) is 1.38. The Kier molecular flexibility index (Phi) is 3.02. The van der Waals surface area contributed by atoms with E-state index in [2.05, 4.69) is 31.6 Å². The minimum Gasteiger partial charge on any atom is -0.315 e. The van der Waals surface area contributed by atoms with Crippen molar-refractivity contribution in [3.63, 3.8) is 0 Å². The predicted octanol–water partition coefficient (Wildman–Crippen LogP) is 1.88. The summed E-state index contributed by atoms with van der Waals surface area (Å²) < 4.78 is 2.22. The molecule has 0 aromatic carbocycles. The molecule has 0 aromatic heterocycles. The maximum absolute atomic E-state index is 6.05. The lowest BCUT2D eigenvalue weighted by Crippen LogP contribution is -2.40. The van der Waals surface area contributed by atoms with Gasteiger partial charge in [0.2, 0.25) is 7.55 Å². The average Bonchev–Trinajstić information content (AvgIpc) is 1.62. The third kappa shape index (κ3) is 2.70. The van der Waals surface area contributed by atoms with Crippen molar-refractivity contribution in [3.8, 4) is 0 Å². The molecule has 0 heterocycles. The van der Waals surface area contributed by atoms with Crippen molar-refractivity contribution in [2.45, 2.75) is 20.0 Å². The topological polar surface area (TPSA) is 3.24 Å². The summed E-state index contributed by atoms with van der Waals surface area (Å²) in [5, 5.41) is 0. The van der Waals surface area contributed by atoms with Gasteiger partial charge in [-0.2, -0.15) is 0 Å². The minimum atomic E-state index is -1.46. The largest absolute Gasteiger partial charge is 0.315 e. The Labute approximate surface area is 57.4 Å². The zero-order valence-corrected chi connectivity index (χ0v) is 7.79. The molecule has 0 saturated heterocycles. The Hall–Kier alpha value is 0.467. The minimum absolute atomic E-state index is 1.06. The summed E-state index contributed by atoms with van der Waals surface area (Å²) in [5.74, 6) is 0. The molecule has 0 saturated carbocycles. The molecule has 0 aliphatic heterocycles. The van der Waals surface area contributed by atoms with E-state index in [0.29, 0.717) is 0 Å². The zero-order chi connectivity index (χ0) is 6.78. The summed E-state index contributed by atoms with van der Waals surface area (Å²) in [6, 6.07) is 0. The molecule has 0 spiro atoms. The molecule has 0 aliphatic carbocycles. The van der Waals surface area contributed by atoms with Gasteiger partial charge in [-0.1, -0.05) is 6.92 Å². The molecular formula is C5H14ClNSi. The molecule has 0 unspecified atom stereocenters. The van der Waals surface area contributed by atoms with Crippen LogP contribution in [0.1, 0.15) is 6.92 Å². The highest BCUT2D eigenvalue weighted by atomic mass is 35.6. The van der Waals surface area contributed by atoms with Crippen LogP contribution in [0.5, 0.6) is 0 Å². The molecule has 0 fully saturated rings. The molecule has 0 rings (SSSR count). The molecule has 1 nitrogen and oxygen atoms in total. The van der Waals surface area contributed by atoms with Gasteiger partial charge in [0.15, 0.2) is 0 Å². The van der Waals surface area contributed by atoms with Gasteiger partial charge in [-0.05, 0) is 26.7 Å². The van der Waals surface area contributed by atoms with Gasteiger partial charge >= 0.3 is 0 Å². The van der Waals surface area contributed by atoms with Gasteiger partial charge in [-0.15, -0.1) is 11.1 Å².